The molecule has 1 aliphatic heterocycles. The van der Waals surface area contributed by atoms with Crippen molar-refractivity contribution in [2.75, 3.05) is 13.1 Å². The minimum absolute atomic E-state index is 0.136. The highest BCUT2D eigenvalue weighted by atomic mass is 16.1. The molecule has 16 heavy (non-hydrogen) atoms. The number of piperidine rings is 1. The molecule has 0 aromatic carbocycles. The van der Waals surface area contributed by atoms with Gasteiger partial charge in [0.2, 0.25) is 0 Å². The third kappa shape index (κ3) is 2.14. The van der Waals surface area contributed by atoms with Gasteiger partial charge in [0.15, 0.2) is 5.78 Å². The van der Waals surface area contributed by atoms with E-state index >= 15 is 0 Å². The van der Waals surface area contributed by atoms with Gasteiger partial charge in [0, 0.05) is 12.0 Å². The van der Waals surface area contributed by atoms with Crippen LogP contribution in [0, 0.1) is 5.92 Å². The maximum atomic E-state index is 12.3. The van der Waals surface area contributed by atoms with Crippen LogP contribution in [-0.2, 0) is 0 Å². The first-order valence-electron chi connectivity index (χ1n) is 5.85. The Morgan fingerprint density at radius 2 is 2.19 bits per heavy atom. The number of nitrogens with one attached hydrogen (secondary N) is 1. The number of aromatic nitrogens is 3. The number of nitrogens with zero attached hydrogens (tertiary/aromatic N) is 3. The van der Waals surface area contributed by atoms with Crippen molar-refractivity contribution in [3.05, 3.63) is 11.9 Å². The first kappa shape index (κ1) is 11.3. The minimum atomic E-state index is 0.136. The van der Waals surface area contributed by atoms with Crippen molar-refractivity contribution >= 4 is 5.78 Å². The summed E-state index contributed by atoms with van der Waals surface area (Å²) in [6, 6.07) is 0.183. The van der Waals surface area contributed by atoms with Gasteiger partial charge in [0.1, 0.15) is 5.69 Å². The fraction of sp³-hybridized carbons (Fsp3) is 0.727. The van der Waals surface area contributed by atoms with Gasteiger partial charge in [-0.05, 0) is 39.8 Å². The molecule has 0 aliphatic carbocycles. The summed E-state index contributed by atoms with van der Waals surface area (Å²) in [5.74, 6) is 0.331. The lowest BCUT2D eigenvalue weighted by Crippen LogP contribution is -2.32. The van der Waals surface area contributed by atoms with Gasteiger partial charge in [-0.2, -0.15) is 0 Å². The summed E-state index contributed by atoms with van der Waals surface area (Å²) in [4.78, 5) is 12.3. The summed E-state index contributed by atoms with van der Waals surface area (Å²) in [6.45, 7) is 5.88. The van der Waals surface area contributed by atoms with Gasteiger partial charge < -0.3 is 5.32 Å². The molecule has 1 fully saturated rings. The van der Waals surface area contributed by atoms with Gasteiger partial charge in [0.05, 0.1) is 6.20 Å². The quantitative estimate of drug-likeness (QED) is 0.776. The monoisotopic (exact) mass is 222 g/mol. The van der Waals surface area contributed by atoms with Gasteiger partial charge in [-0.15, -0.1) is 5.10 Å². The van der Waals surface area contributed by atoms with Crippen LogP contribution in [0.2, 0.25) is 0 Å². The highest BCUT2D eigenvalue weighted by Crippen LogP contribution is 2.19. The van der Waals surface area contributed by atoms with Crippen LogP contribution in [0.4, 0.5) is 0 Å². The van der Waals surface area contributed by atoms with Gasteiger partial charge in [-0.3, -0.25) is 4.79 Å². The number of ketones is 1. The Hall–Kier alpha value is -1.23. The van der Waals surface area contributed by atoms with Gasteiger partial charge in [0.25, 0.3) is 0 Å². The molecule has 0 unspecified atom stereocenters. The summed E-state index contributed by atoms with van der Waals surface area (Å²) < 4.78 is 1.71. The van der Waals surface area contributed by atoms with Crippen molar-refractivity contribution in [1.82, 2.24) is 20.3 Å². The number of carbonyl (C=O) groups is 1. The lowest BCUT2D eigenvalue weighted by atomic mass is 9.92. The van der Waals surface area contributed by atoms with Crippen molar-refractivity contribution in [3.63, 3.8) is 0 Å². The fourth-order valence-electron chi connectivity index (χ4n) is 2.09. The summed E-state index contributed by atoms with van der Waals surface area (Å²) in [7, 11) is 0. The Labute approximate surface area is 95.2 Å². The third-order valence-corrected chi connectivity index (χ3v) is 3.03. The van der Waals surface area contributed by atoms with E-state index in [-0.39, 0.29) is 17.7 Å². The molecule has 88 valence electrons. The lowest BCUT2D eigenvalue weighted by molar-refractivity contribution is 0.0882. The molecule has 0 bridgehead atoms. The normalized spacial score (nSPS) is 17.9. The van der Waals surface area contributed by atoms with E-state index in [1.807, 2.05) is 13.8 Å². The number of Topliss-reactive ketones (excluding diaryl/α,β-unsaturated/α-hetero) is 1. The molecule has 2 rings (SSSR count). The molecule has 1 saturated heterocycles. The van der Waals surface area contributed by atoms with Crippen LogP contribution >= 0.6 is 0 Å². The largest absolute Gasteiger partial charge is 0.317 e. The van der Waals surface area contributed by atoms with Crippen LogP contribution in [0.15, 0.2) is 6.20 Å². The molecule has 5 heteroatoms. The fourth-order valence-corrected chi connectivity index (χ4v) is 2.09. The van der Waals surface area contributed by atoms with E-state index in [9.17, 15) is 4.79 Å². The predicted octanol–water partition coefficient (Wildman–Crippen LogP) is 1.04. The second-order valence-electron chi connectivity index (χ2n) is 4.55. The van der Waals surface area contributed by atoms with Crippen molar-refractivity contribution in [2.45, 2.75) is 32.7 Å². The van der Waals surface area contributed by atoms with E-state index in [0.29, 0.717) is 5.69 Å². The van der Waals surface area contributed by atoms with Crippen molar-refractivity contribution in [2.24, 2.45) is 5.92 Å². The molecule has 0 atom stereocenters. The highest BCUT2D eigenvalue weighted by molar-refractivity contribution is 5.96. The Bertz CT molecular complexity index is 366. The van der Waals surface area contributed by atoms with E-state index in [4.69, 9.17) is 0 Å². The number of rotatable bonds is 3. The topological polar surface area (TPSA) is 59.8 Å². The van der Waals surface area contributed by atoms with Crippen LogP contribution < -0.4 is 5.32 Å². The maximum absolute atomic E-state index is 12.3. The Morgan fingerprint density at radius 1 is 1.50 bits per heavy atom. The predicted molar refractivity (Wildman–Crippen MR) is 60.3 cm³/mol. The van der Waals surface area contributed by atoms with E-state index in [1.54, 1.807) is 10.9 Å². The smallest absolute Gasteiger partial charge is 0.185 e. The maximum Gasteiger partial charge on any atom is 0.185 e. The van der Waals surface area contributed by atoms with Crippen molar-refractivity contribution in [1.29, 1.82) is 0 Å². The summed E-state index contributed by atoms with van der Waals surface area (Å²) in [5.41, 5.74) is 0.655. The number of carbonyl (C=O) groups excluding carboxylic acids is 1. The van der Waals surface area contributed by atoms with E-state index in [2.05, 4.69) is 15.6 Å². The van der Waals surface area contributed by atoms with Crippen LogP contribution in [-0.4, -0.2) is 33.9 Å². The standard InChI is InChI=1S/C11H18N4O/c1-8(2)15-10(7-13-14-15)11(16)9-3-5-12-6-4-9/h7-9,12H,3-6H2,1-2H3. The van der Waals surface area contributed by atoms with Crippen LogP contribution in [0.1, 0.15) is 43.2 Å². The average molecular weight is 222 g/mol. The average Bonchev–Trinajstić information content (AvgIpc) is 2.78. The minimum Gasteiger partial charge on any atom is -0.317 e. The molecular formula is C11H18N4O. The molecule has 1 aromatic heterocycles. The number of hydrogen-bond donors (Lipinski definition) is 1. The molecule has 0 spiro atoms. The zero-order valence-corrected chi connectivity index (χ0v) is 9.81. The van der Waals surface area contributed by atoms with Crippen molar-refractivity contribution in [3.8, 4) is 0 Å². The zero-order valence-electron chi connectivity index (χ0n) is 9.81. The molecule has 1 aromatic rings. The van der Waals surface area contributed by atoms with Crippen LogP contribution in [0.25, 0.3) is 0 Å². The third-order valence-electron chi connectivity index (χ3n) is 3.03. The Balaban J connectivity index is 2.16. The Morgan fingerprint density at radius 3 is 2.81 bits per heavy atom. The number of hydrogen-bond acceptors (Lipinski definition) is 4. The second kappa shape index (κ2) is 4.74. The molecule has 5 nitrogen and oxygen atoms in total. The van der Waals surface area contributed by atoms with E-state index < -0.39 is 0 Å². The molecule has 0 amide bonds. The molecule has 2 heterocycles. The van der Waals surface area contributed by atoms with Crippen LogP contribution in [0.3, 0.4) is 0 Å². The first-order valence-corrected chi connectivity index (χ1v) is 5.85. The molecule has 0 saturated carbocycles. The lowest BCUT2D eigenvalue weighted by Gasteiger charge is -2.21. The SMILES string of the molecule is CC(C)n1nncc1C(=O)C1CCNCC1. The molecule has 1 aliphatic rings. The van der Waals surface area contributed by atoms with Gasteiger partial charge in [-0.25, -0.2) is 4.68 Å². The molecule has 1 N–H and O–H groups in total. The second-order valence-corrected chi connectivity index (χ2v) is 4.55. The van der Waals surface area contributed by atoms with Crippen molar-refractivity contribution < 1.29 is 4.79 Å². The summed E-state index contributed by atoms with van der Waals surface area (Å²) in [6.07, 6.45) is 3.43. The van der Waals surface area contributed by atoms with Gasteiger partial charge in [-0.1, -0.05) is 5.21 Å². The van der Waals surface area contributed by atoms with E-state index in [0.717, 1.165) is 25.9 Å². The summed E-state index contributed by atoms with van der Waals surface area (Å²) in [5, 5.41) is 11.1. The zero-order chi connectivity index (χ0) is 11.5. The molecular weight excluding hydrogens is 204 g/mol. The highest BCUT2D eigenvalue weighted by Gasteiger charge is 2.25. The van der Waals surface area contributed by atoms with Gasteiger partial charge >= 0.3 is 0 Å². The van der Waals surface area contributed by atoms with Crippen LogP contribution in [0.5, 0.6) is 0 Å². The first-order chi connectivity index (χ1) is 7.70. The van der Waals surface area contributed by atoms with E-state index in [1.165, 1.54) is 0 Å². The summed E-state index contributed by atoms with van der Waals surface area (Å²) >= 11 is 0. The Kier molecular flexibility index (Phi) is 3.33. The molecule has 0 radical (unpaired) electrons.